The van der Waals surface area contributed by atoms with Gasteiger partial charge in [-0.15, -0.1) is 11.3 Å². The van der Waals surface area contributed by atoms with Gasteiger partial charge in [0.25, 0.3) is 0 Å². The van der Waals surface area contributed by atoms with E-state index in [2.05, 4.69) is 34.0 Å². The first kappa shape index (κ1) is 10.2. The first-order valence-electron chi connectivity index (χ1n) is 3.95. The lowest BCUT2D eigenvalue weighted by Gasteiger charge is -2.01. The zero-order valence-electron chi connectivity index (χ0n) is 7.05. The average molecular weight is 334 g/mol. The summed E-state index contributed by atoms with van der Waals surface area (Å²) in [5, 5.41) is 12.6. The first-order chi connectivity index (χ1) is 6.74. The summed E-state index contributed by atoms with van der Waals surface area (Å²) in [4.78, 5) is 0. The van der Waals surface area contributed by atoms with E-state index >= 15 is 0 Å². The monoisotopic (exact) mass is 333 g/mol. The summed E-state index contributed by atoms with van der Waals surface area (Å²) in [6, 6.07) is 6.02. The fourth-order valence-corrected chi connectivity index (χ4v) is 3.64. The van der Waals surface area contributed by atoms with Gasteiger partial charge in [0.2, 0.25) is 0 Å². The van der Waals surface area contributed by atoms with Gasteiger partial charge < -0.3 is 0 Å². The quantitative estimate of drug-likeness (QED) is 0.717. The standard InChI is InChI=1S/C10H5ClINS/c11-7-1-2-9-10(6(7)3-4-13)8(12)5-14-9/h1-2,5H,3H2. The fraction of sp³-hybridized carbons (Fsp3) is 0.100. The molecule has 1 heterocycles. The van der Waals surface area contributed by atoms with Crippen molar-refractivity contribution in [3.05, 3.63) is 31.7 Å². The highest BCUT2D eigenvalue weighted by Crippen LogP contribution is 2.34. The number of halogens is 2. The van der Waals surface area contributed by atoms with Gasteiger partial charge >= 0.3 is 0 Å². The number of rotatable bonds is 1. The highest BCUT2D eigenvalue weighted by atomic mass is 127. The van der Waals surface area contributed by atoms with E-state index in [1.807, 2.05) is 12.1 Å². The molecule has 0 bridgehead atoms. The van der Waals surface area contributed by atoms with Crippen LogP contribution in [-0.2, 0) is 6.42 Å². The smallest absolute Gasteiger partial charge is 0.0670 e. The summed E-state index contributed by atoms with van der Waals surface area (Å²) in [5.74, 6) is 0. The maximum absolute atomic E-state index is 8.72. The second-order valence-electron chi connectivity index (χ2n) is 2.82. The van der Waals surface area contributed by atoms with Crippen LogP contribution in [0.4, 0.5) is 0 Å². The van der Waals surface area contributed by atoms with Crippen LogP contribution in [0, 0.1) is 14.9 Å². The van der Waals surface area contributed by atoms with Crippen LogP contribution in [0.2, 0.25) is 5.02 Å². The summed E-state index contributed by atoms with van der Waals surface area (Å²) in [7, 11) is 0. The van der Waals surface area contributed by atoms with Gasteiger partial charge in [-0.3, -0.25) is 0 Å². The Kier molecular flexibility index (Phi) is 2.96. The average Bonchev–Trinajstić information content (AvgIpc) is 2.53. The molecule has 0 aliphatic heterocycles. The number of benzene rings is 1. The molecule has 0 N–H and O–H groups in total. The fourth-order valence-electron chi connectivity index (χ4n) is 1.39. The van der Waals surface area contributed by atoms with Crippen molar-refractivity contribution in [2.24, 2.45) is 0 Å². The number of hydrogen-bond acceptors (Lipinski definition) is 2. The minimum atomic E-state index is 0.378. The molecule has 0 fully saturated rings. The SMILES string of the molecule is N#CCc1c(Cl)ccc2scc(I)c12. The molecule has 0 atom stereocenters. The minimum Gasteiger partial charge on any atom is -0.198 e. The maximum Gasteiger partial charge on any atom is 0.0670 e. The molecule has 14 heavy (non-hydrogen) atoms. The Morgan fingerprint density at radius 1 is 1.50 bits per heavy atom. The molecule has 0 aliphatic rings. The topological polar surface area (TPSA) is 23.8 Å². The van der Waals surface area contributed by atoms with E-state index in [-0.39, 0.29) is 0 Å². The van der Waals surface area contributed by atoms with Crippen molar-refractivity contribution < 1.29 is 0 Å². The lowest BCUT2D eigenvalue weighted by molar-refractivity contribution is 1.29. The molecule has 1 aromatic heterocycles. The molecule has 0 amide bonds. The third-order valence-corrected chi connectivity index (χ3v) is 4.58. The molecule has 0 saturated carbocycles. The number of hydrogen-bond donors (Lipinski definition) is 0. The van der Waals surface area contributed by atoms with Gasteiger partial charge in [0, 0.05) is 24.1 Å². The van der Waals surface area contributed by atoms with Crippen LogP contribution < -0.4 is 0 Å². The molecule has 4 heteroatoms. The zero-order valence-corrected chi connectivity index (χ0v) is 10.8. The Bertz CT molecular complexity index is 527. The molecule has 1 nitrogen and oxygen atoms in total. The van der Waals surface area contributed by atoms with Gasteiger partial charge in [-0.25, -0.2) is 0 Å². The van der Waals surface area contributed by atoms with E-state index in [4.69, 9.17) is 16.9 Å². The normalized spacial score (nSPS) is 10.4. The summed E-state index contributed by atoms with van der Waals surface area (Å²) in [6.45, 7) is 0. The van der Waals surface area contributed by atoms with Gasteiger partial charge in [0.05, 0.1) is 12.5 Å². The number of fused-ring (bicyclic) bond motifs is 1. The number of nitrogens with zero attached hydrogens (tertiary/aromatic N) is 1. The molecule has 0 spiro atoms. The highest BCUT2D eigenvalue weighted by molar-refractivity contribution is 14.1. The van der Waals surface area contributed by atoms with Crippen LogP contribution in [0.15, 0.2) is 17.5 Å². The maximum atomic E-state index is 8.72. The van der Waals surface area contributed by atoms with Crippen molar-refractivity contribution in [2.45, 2.75) is 6.42 Å². The Morgan fingerprint density at radius 3 is 3.00 bits per heavy atom. The van der Waals surface area contributed by atoms with Gasteiger partial charge in [0.15, 0.2) is 0 Å². The van der Waals surface area contributed by atoms with E-state index in [1.54, 1.807) is 11.3 Å². The molecule has 0 saturated heterocycles. The van der Waals surface area contributed by atoms with Crippen LogP contribution in [0.5, 0.6) is 0 Å². The molecule has 2 aromatic rings. The molecule has 1 aromatic carbocycles. The Morgan fingerprint density at radius 2 is 2.29 bits per heavy atom. The van der Waals surface area contributed by atoms with Gasteiger partial charge in [-0.05, 0) is 40.3 Å². The molecule has 0 radical (unpaired) electrons. The number of thiophene rings is 1. The van der Waals surface area contributed by atoms with Crippen molar-refractivity contribution in [1.82, 2.24) is 0 Å². The third-order valence-electron chi connectivity index (χ3n) is 2.00. The zero-order chi connectivity index (χ0) is 10.1. The molecule has 70 valence electrons. The van der Waals surface area contributed by atoms with Crippen LogP contribution in [0.25, 0.3) is 10.1 Å². The van der Waals surface area contributed by atoms with Crippen molar-refractivity contribution in [3.8, 4) is 6.07 Å². The highest BCUT2D eigenvalue weighted by Gasteiger charge is 2.10. The van der Waals surface area contributed by atoms with Crippen molar-refractivity contribution >= 4 is 55.6 Å². The van der Waals surface area contributed by atoms with E-state index in [0.717, 1.165) is 10.9 Å². The van der Waals surface area contributed by atoms with Crippen molar-refractivity contribution in [2.75, 3.05) is 0 Å². The molecular formula is C10H5ClINS. The molecular weight excluding hydrogens is 329 g/mol. The predicted octanol–water partition coefficient (Wildman–Crippen LogP) is 4.23. The van der Waals surface area contributed by atoms with E-state index < -0.39 is 0 Å². The van der Waals surface area contributed by atoms with Gasteiger partial charge in [-0.2, -0.15) is 5.26 Å². The summed E-state index contributed by atoms with van der Waals surface area (Å²) in [6.07, 6.45) is 0.378. The molecule has 0 aliphatic carbocycles. The summed E-state index contributed by atoms with van der Waals surface area (Å²) >= 11 is 10.0. The molecule has 2 rings (SSSR count). The Hall–Kier alpha value is -0.310. The van der Waals surface area contributed by atoms with Crippen molar-refractivity contribution in [1.29, 1.82) is 5.26 Å². The number of nitriles is 1. The molecule has 0 unspecified atom stereocenters. The minimum absolute atomic E-state index is 0.378. The van der Waals surface area contributed by atoms with Gasteiger partial charge in [-0.1, -0.05) is 11.6 Å². The van der Waals surface area contributed by atoms with Gasteiger partial charge in [0.1, 0.15) is 0 Å². The lowest BCUT2D eigenvalue weighted by Crippen LogP contribution is -1.85. The second-order valence-corrected chi connectivity index (χ2v) is 5.30. The van der Waals surface area contributed by atoms with Crippen LogP contribution >= 0.6 is 45.5 Å². The van der Waals surface area contributed by atoms with E-state index in [9.17, 15) is 0 Å². The van der Waals surface area contributed by atoms with E-state index in [1.165, 1.54) is 8.27 Å². The Balaban J connectivity index is 2.81. The lowest BCUT2D eigenvalue weighted by atomic mass is 10.1. The Labute approximate surface area is 104 Å². The largest absolute Gasteiger partial charge is 0.198 e. The predicted molar refractivity (Wildman–Crippen MR) is 68.9 cm³/mol. The van der Waals surface area contributed by atoms with Crippen LogP contribution in [0.3, 0.4) is 0 Å². The van der Waals surface area contributed by atoms with Crippen molar-refractivity contribution in [3.63, 3.8) is 0 Å². The van der Waals surface area contributed by atoms with E-state index in [0.29, 0.717) is 11.4 Å². The summed E-state index contributed by atoms with van der Waals surface area (Å²) < 4.78 is 2.37. The summed E-state index contributed by atoms with van der Waals surface area (Å²) in [5.41, 5.74) is 0.956. The second kappa shape index (κ2) is 4.05. The van der Waals surface area contributed by atoms with Crippen LogP contribution in [0.1, 0.15) is 5.56 Å². The first-order valence-corrected chi connectivity index (χ1v) is 6.28. The third kappa shape index (κ3) is 1.62. The van der Waals surface area contributed by atoms with Crippen LogP contribution in [-0.4, -0.2) is 0 Å².